The van der Waals surface area contributed by atoms with E-state index in [1.54, 1.807) is 0 Å². The molecule has 1 heterocycles. The third kappa shape index (κ3) is 17.2. The van der Waals surface area contributed by atoms with Gasteiger partial charge in [-0.25, -0.2) is 0 Å². The molecule has 35 heavy (non-hydrogen) atoms. The lowest BCUT2D eigenvalue weighted by Crippen LogP contribution is -2.45. The van der Waals surface area contributed by atoms with Gasteiger partial charge in [-0.1, -0.05) is 18.5 Å². The topological polar surface area (TPSA) is 165 Å². The zero-order valence-electron chi connectivity index (χ0n) is 20.1. The number of carboxylic acid groups (broad SMARTS) is 4. The number of likely N-dealkylation sites (N-methyl/N-ethyl adjacent to an activating group) is 1. The highest BCUT2D eigenvalue weighted by atomic mass is 35.5. The van der Waals surface area contributed by atoms with E-state index in [1.807, 2.05) is 25.1 Å². The second kappa shape index (κ2) is 18.4. The molecule has 1 saturated heterocycles. The van der Waals surface area contributed by atoms with Gasteiger partial charge in [0, 0.05) is 43.3 Å². The number of carbonyl (C=O) groups is 4. The average molecular weight is 519 g/mol. The van der Waals surface area contributed by atoms with Gasteiger partial charge in [0.15, 0.2) is 0 Å². The summed E-state index contributed by atoms with van der Waals surface area (Å²) >= 11 is 6.10. The van der Waals surface area contributed by atoms with Crippen LogP contribution in [0, 0.1) is 0 Å². The van der Waals surface area contributed by atoms with Crippen LogP contribution in [0.15, 0.2) is 18.2 Å². The second-order valence-corrected chi connectivity index (χ2v) is 7.91. The van der Waals surface area contributed by atoms with Crippen molar-refractivity contribution in [3.05, 3.63) is 28.8 Å². The molecule has 2 rings (SSSR count). The molecule has 0 amide bonds. The Hall–Kier alpha value is -2.89. The maximum atomic E-state index is 9.64. The number of ether oxygens (including phenoxy) is 1. The Kier molecular flexibility index (Phi) is 16.9. The van der Waals surface area contributed by atoms with Gasteiger partial charge in [-0.3, -0.25) is 24.1 Å². The van der Waals surface area contributed by atoms with Crippen molar-refractivity contribution in [2.45, 2.75) is 46.1 Å². The smallest absolute Gasteiger partial charge is 0.303 e. The van der Waals surface area contributed by atoms with Gasteiger partial charge < -0.3 is 30.1 Å². The van der Waals surface area contributed by atoms with Crippen LogP contribution in [0.5, 0.6) is 5.75 Å². The van der Waals surface area contributed by atoms with Crippen LogP contribution < -0.4 is 4.74 Å². The van der Waals surface area contributed by atoms with E-state index in [0.29, 0.717) is 6.61 Å². The predicted molar refractivity (Wildman–Crippen MR) is 129 cm³/mol. The Morgan fingerprint density at radius 1 is 0.800 bits per heavy atom. The highest BCUT2D eigenvalue weighted by Crippen LogP contribution is 2.24. The summed E-state index contributed by atoms with van der Waals surface area (Å²) in [4.78, 5) is 43.5. The summed E-state index contributed by atoms with van der Waals surface area (Å²) in [5, 5.41) is 32.4. The van der Waals surface area contributed by atoms with Crippen molar-refractivity contribution in [2.24, 2.45) is 0 Å². The van der Waals surface area contributed by atoms with Crippen molar-refractivity contribution in [1.29, 1.82) is 0 Å². The van der Waals surface area contributed by atoms with Crippen LogP contribution in [0.2, 0.25) is 5.02 Å². The fourth-order valence-corrected chi connectivity index (χ4v) is 3.09. The minimum absolute atomic E-state index is 0.296. The molecule has 0 aliphatic carbocycles. The van der Waals surface area contributed by atoms with Crippen LogP contribution in [0.4, 0.5) is 0 Å². The molecule has 0 unspecified atom stereocenters. The molecular formula is C23H35ClN2O9. The van der Waals surface area contributed by atoms with E-state index in [2.05, 4.69) is 16.7 Å². The van der Waals surface area contributed by atoms with Crippen molar-refractivity contribution in [2.75, 3.05) is 39.3 Å². The van der Waals surface area contributed by atoms with Crippen LogP contribution in [-0.4, -0.2) is 93.4 Å². The summed E-state index contributed by atoms with van der Waals surface area (Å²) in [5.74, 6) is -3.34. The maximum Gasteiger partial charge on any atom is 0.303 e. The number of benzene rings is 1. The zero-order valence-corrected chi connectivity index (χ0v) is 20.9. The molecule has 11 nitrogen and oxygen atoms in total. The zero-order chi connectivity index (χ0) is 26.8. The average Bonchev–Trinajstić information content (AvgIpc) is 2.79. The highest BCUT2D eigenvalue weighted by Gasteiger charge is 2.17. The summed E-state index contributed by atoms with van der Waals surface area (Å²) in [6, 6.07) is 5.90. The second-order valence-electron chi connectivity index (χ2n) is 7.47. The van der Waals surface area contributed by atoms with Crippen molar-refractivity contribution >= 4 is 35.5 Å². The fourth-order valence-electron chi connectivity index (χ4n) is 2.90. The molecule has 0 saturated carbocycles. The molecule has 0 atom stereocenters. The molecule has 1 aliphatic heterocycles. The molecule has 0 radical (unpaired) electrons. The molecule has 0 aromatic heterocycles. The molecule has 4 N–H and O–H groups in total. The summed E-state index contributed by atoms with van der Waals surface area (Å²) in [6.45, 7) is 11.5. The Balaban J connectivity index is 0.000000601. The summed E-state index contributed by atoms with van der Waals surface area (Å²) in [5.41, 5.74) is 1.19. The fraction of sp³-hybridized carbons (Fsp3) is 0.565. The number of hydrogen-bond acceptors (Lipinski definition) is 7. The molecule has 12 heteroatoms. The van der Waals surface area contributed by atoms with Crippen molar-refractivity contribution in [3.8, 4) is 5.75 Å². The Morgan fingerprint density at radius 3 is 1.60 bits per heavy atom. The van der Waals surface area contributed by atoms with Gasteiger partial charge in [0.25, 0.3) is 0 Å². The molecule has 1 aliphatic rings. The SMILES string of the molecule is CCOc1ccc(Cl)cc1CN1CCN(CC)CC1.O=C(O)CCC(=O)O.O=C(O)CCC(=O)O. The van der Waals surface area contributed by atoms with Crippen molar-refractivity contribution < 1.29 is 44.3 Å². The van der Waals surface area contributed by atoms with E-state index in [1.165, 1.54) is 5.56 Å². The first kappa shape index (κ1) is 32.1. The maximum absolute atomic E-state index is 9.64. The van der Waals surface area contributed by atoms with E-state index < -0.39 is 23.9 Å². The Bertz CT molecular complexity index is 756. The van der Waals surface area contributed by atoms with E-state index in [0.717, 1.165) is 50.0 Å². The standard InChI is InChI=1S/C15H23ClN2O.2C4H6O4/c1-3-17-7-9-18(10-8-17)12-13-11-14(16)5-6-15(13)19-4-2;2*5-3(6)1-2-4(7)8/h5-6,11H,3-4,7-10,12H2,1-2H3;2*1-2H2,(H,5,6)(H,7,8). The summed E-state index contributed by atoms with van der Waals surface area (Å²) < 4.78 is 5.68. The van der Waals surface area contributed by atoms with Crippen LogP contribution in [-0.2, 0) is 25.7 Å². The van der Waals surface area contributed by atoms with Gasteiger partial charge in [0.2, 0.25) is 0 Å². The molecular weight excluding hydrogens is 484 g/mol. The normalized spacial score (nSPS) is 13.5. The van der Waals surface area contributed by atoms with Crippen molar-refractivity contribution in [3.63, 3.8) is 0 Å². The first-order valence-corrected chi connectivity index (χ1v) is 11.6. The monoisotopic (exact) mass is 518 g/mol. The van der Waals surface area contributed by atoms with Gasteiger partial charge >= 0.3 is 23.9 Å². The lowest BCUT2D eigenvalue weighted by Gasteiger charge is -2.34. The first-order valence-electron chi connectivity index (χ1n) is 11.2. The van der Waals surface area contributed by atoms with Crippen LogP contribution in [0.3, 0.4) is 0 Å². The highest BCUT2D eigenvalue weighted by molar-refractivity contribution is 6.30. The van der Waals surface area contributed by atoms with E-state index in [9.17, 15) is 19.2 Å². The van der Waals surface area contributed by atoms with Crippen molar-refractivity contribution in [1.82, 2.24) is 9.80 Å². The van der Waals surface area contributed by atoms with Crippen LogP contribution in [0.25, 0.3) is 0 Å². The van der Waals surface area contributed by atoms with Gasteiger partial charge in [-0.2, -0.15) is 0 Å². The number of rotatable bonds is 11. The first-order chi connectivity index (χ1) is 16.5. The summed E-state index contributed by atoms with van der Waals surface area (Å²) in [6.07, 6.45) is -1.19. The van der Waals surface area contributed by atoms with Crippen LogP contribution >= 0.6 is 11.6 Å². The van der Waals surface area contributed by atoms with E-state index >= 15 is 0 Å². The van der Waals surface area contributed by atoms with Gasteiger partial charge in [-0.15, -0.1) is 0 Å². The number of halogens is 1. The number of nitrogens with zero attached hydrogens (tertiary/aromatic N) is 2. The third-order valence-electron chi connectivity index (χ3n) is 4.73. The number of piperazine rings is 1. The molecule has 1 aromatic rings. The molecule has 1 aromatic carbocycles. The van der Waals surface area contributed by atoms with E-state index in [-0.39, 0.29) is 25.7 Å². The lowest BCUT2D eigenvalue weighted by atomic mass is 10.1. The van der Waals surface area contributed by atoms with Gasteiger partial charge in [0.05, 0.1) is 32.3 Å². The quantitative estimate of drug-likeness (QED) is 0.340. The Labute approximate surface area is 209 Å². The van der Waals surface area contributed by atoms with Gasteiger partial charge in [-0.05, 0) is 31.7 Å². The molecule has 0 bridgehead atoms. The molecule has 0 spiro atoms. The number of carboxylic acids is 4. The number of hydrogen-bond donors (Lipinski definition) is 4. The molecule has 1 fully saturated rings. The minimum atomic E-state index is -1.08. The minimum Gasteiger partial charge on any atom is -0.494 e. The number of aliphatic carboxylic acids is 4. The summed E-state index contributed by atoms with van der Waals surface area (Å²) in [7, 11) is 0. The predicted octanol–water partition coefficient (Wildman–Crippen LogP) is 2.75. The van der Waals surface area contributed by atoms with Gasteiger partial charge in [0.1, 0.15) is 5.75 Å². The Morgan fingerprint density at radius 2 is 1.23 bits per heavy atom. The largest absolute Gasteiger partial charge is 0.494 e. The van der Waals surface area contributed by atoms with Crippen LogP contribution in [0.1, 0.15) is 45.1 Å². The lowest BCUT2D eigenvalue weighted by molar-refractivity contribution is -0.143. The molecule has 198 valence electrons. The third-order valence-corrected chi connectivity index (χ3v) is 4.97. The van der Waals surface area contributed by atoms with E-state index in [4.69, 9.17) is 36.8 Å².